The summed E-state index contributed by atoms with van der Waals surface area (Å²) in [5.74, 6) is -0.226. The summed E-state index contributed by atoms with van der Waals surface area (Å²) < 4.78 is 5.02. The standard InChI is InChI=1S/C28H34N6O4/c1-17(2)22-13-18(12-20-15-29-32-25(20)22)14-24(26(35)38-3)31-27(36)33-10-8-21(9-11-33)34-16-19-6-4-5-7-23(19)30-28(34)37/h4-7,12-13,15,17,21,24H,8-11,14,16H2,1-3H3,(H,29,32)(H,30,37)(H,31,36). The van der Waals surface area contributed by atoms with Gasteiger partial charge in [-0.3, -0.25) is 5.10 Å². The molecule has 1 saturated heterocycles. The number of amides is 4. The number of hydrogen-bond acceptors (Lipinski definition) is 5. The maximum atomic E-state index is 13.2. The quantitative estimate of drug-likeness (QED) is 0.426. The number of carbonyl (C=O) groups is 3. The highest BCUT2D eigenvalue weighted by Crippen LogP contribution is 2.28. The van der Waals surface area contributed by atoms with Gasteiger partial charge in [-0.25, -0.2) is 14.4 Å². The highest BCUT2D eigenvalue weighted by molar-refractivity contribution is 5.92. The first kappa shape index (κ1) is 25.6. The molecule has 0 bridgehead atoms. The normalized spacial score (nSPS) is 16.8. The van der Waals surface area contributed by atoms with Crippen LogP contribution >= 0.6 is 0 Å². The van der Waals surface area contributed by atoms with E-state index in [1.54, 1.807) is 11.1 Å². The Balaban J connectivity index is 1.22. The molecule has 2 aromatic carbocycles. The van der Waals surface area contributed by atoms with E-state index < -0.39 is 12.0 Å². The predicted molar refractivity (Wildman–Crippen MR) is 144 cm³/mol. The molecule has 1 fully saturated rings. The molecular formula is C28H34N6O4. The molecule has 3 N–H and O–H groups in total. The van der Waals surface area contributed by atoms with Gasteiger partial charge in [0.2, 0.25) is 0 Å². The summed E-state index contributed by atoms with van der Waals surface area (Å²) in [6.45, 7) is 5.76. The Morgan fingerprint density at radius 2 is 1.95 bits per heavy atom. The van der Waals surface area contributed by atoms with Crippen molar-refractivity contribution in [3.05, 3.63) is 59.3 Å². The van der Waals surface area contributed by atoms with E-state index in [-0.39, 0.29) is 24.0 Å². The number of benzene rings is 2. The zero-order valence-electron chi connectivity index (χ0n) is 22.0. The summed E-state index contributed by atoms with van der Waals surface area (Å²) in [6, 6.07) is 10.7. The minimum absolute atomic E-state index is 0.0416. The molecule has 1 aromatic heterocycles. The predicted octanol–water partition coefficient (Wildman–Crippen LogP) is 3.99. The lowest BCUT2D eigenvalue weighted by atomic mass is 9.95. The average molecular weight is 519 g/mol. The summed E-state index contributed by atoms with van der Waals surface area (Å²) in [5, 5.41) is 14.0. The van der Waals surface area contributed by atoms with Crippen LogP contribution in [0, 0.1) is 0 Å². The molecule has 2 aliphatic rings. The minimum atomic E-state index is -0.820. The van der Waals surface area contributed by atoms with Crippen LogP contribution in [-0.4, -0.2) is 70.3 Å². The number of methoxy groups -OCH3 is 1. The molecule has 2 aliphatic heterocycles. The van der Waals surface area contributed by atoms with Crippen LogP contribution in [0.15, 0.2) is 42.6 Å². The molecule has 5 rings (SSSR count). The molecule has 3 heterocycles. The second kappa shape index (κ2) is 10.7. The van der Waals surface area contributed by atoms with Crippen LogP contribution in [0.5, 0.6) is 0 Å². The van der Waals surface area contributed by atoms with Crippen LogP contribution in [0.3, 0.4) is 0 Å². The topological polar surface area (TPSA) is 120 Å². The van der Waals surface area contributed by atoms with Crippen molar-refractivity contribution in [3.63, 3.8) is 0 Å². The first-order chi connectivity index (χ1) is 18.3. The Bertz CT molecular complexity index is 1340. The number of anilines is 1. The molecule has 1 atom stereocenters. The van der Waals surface area contributed by atoms with Gasteiger partial charge in [-0.15, -0.1) is 0 Å². The third kappa shape index (κ3) is 5.16. The Hall–Kier alpha value is -4.08. The summed E-state index contributed by atoms with van der Waals surface area (Å²) in [4.78, 5) is 42.1. The van der Waals surface area contributed by atoms with Gasteiger partial charge in [0.25, 0.3) is 0 Å². The molecule has 4 amide bonds. The maximum absolute atomic E-state index is 13.2. The number of carbonyl (C=O) groups excluding carboxylic acids is 3. The van der Waals surface area contributed by atoms with Gasteiger partial charge in [0.1, 0.15) is 6.04 Å². The number of urea groups is 2. The number of esters is 1. The van der Waals surface area contributed by atoms with Gasteiger partial charge in [-0.1, -0.05) is 38.1 Å². The molecule has 0 spiro atoms. The number of hydrogen-bond donors (Lipinski definition) is 3. The number of para-hydroxylation sites is 1. The van der Waals surface area contributed by atoms with Gasteiger partial charge >= 0.3 is 18.0 Å². The van der Waals surface area contributed by atoms with E-state index in [4.69, 9.17) is 4.74 Å². The van der Waals surface area contributed by atoms with Gasteiger partial charge in [0.05, 0.1) is 18.8 Å². The zero-order chi connectivity index (χ0) is 26.8. The zero-order valence-corrected chi connectivity index (χ0v) is 22.0. The summed E-state index contributed by atoms with van der Waals surface area (Å²) in [7, 11) is 1.33. The van der Waals surface area contributed by atoms with Crippen molar-refractivity contribution in [1.29, 1.82) is 0 Å². The monoisotopic (exact) mass is 518 g/mol. The number of likely N-dealkylation sites (tertiary alicyclic amines) is 1. The lowest BCUT2D eigenvalue weighted by Gasteiger charge is -2.40. The lowest BCUT2D eigenvalue weighted by molar-refractivity contribution is -0.142. The van der Waals surface area contributed by atoms with E-state index in [1.165, 1.54) is 7.11 Å². The highest BCUT2D eigenvalue weighted by Gasteiger charge is 2.33. The first-order valence-electron chi connectivity index (χ1n) is 13.1. The number of rotatable bonds is 6. The number of fused-ring (bicyclic) bond motifs is 2. The van der Waals surface area contributed by atoms with Crippen molar-refractivity contribution in [1.82, 2.24) is 25.3 Å². The third-order valence-electron chi connectivity index (χ3n) is 7.54. The van der Waals surface area contributed by atoms with E-state index >= 15 is 0 Å². The minimum Gasteiger partial charge on any atom is -0.467 e. The Labute approximate surface area is 221 Å². The smallest absolute Gasteiger partial charge is 0.328 e. The van der Waals surface area contributed by atoms with Crippen LogP contribution in [-0.2, 0) is 22.5 Å². The number of nitrogens with zero attached hydrogens (tertiary/aromatic N) is 3. The average Bonchev–Trinajstić information content (AvgIpc) is 3.40. The van der Waals surface area contributed by atoms with Gasteiger partial charge in [0.15, 0.2) is 0 Å². The number of aromatic nitrogens is 2. The fraction of sp³-hybridized carbons (Fsp3) is 0.429. The van der Waals surface area contributed by atoms with Crippen molar-refractivity contribution in [2.75, 3.05) is 25.5 Å². The maximum Gasteiger partial charge on any atom is 0.328 e. The molecule has 10 nitrogen and oxygen atoms in total. The number of aromatic amines is 1. The molecule has 0 aliphatic carbocycles. The van der Waals surface area contributed by atoms with Gasteiger partial charge in [0, 0.05) is 43.2 Å². The molecule has 200 valence electrons. The fourth-order valence-corrected chi connectivity index (χ4v) is 5.43. The molecule has 10 heteroatoms. The van der Waals surface area contributed by atoms with E-state index in [0.717, 1.165) is 33.3 Å². The first-order valence-corrected chi connectivity index (χ1v) is 13.1. The van der Waals surface area contributed by atoms with Crippen LogP contribution in [0.25, 0.3) is 10.9 Å². The molecule has 38 heavy (non-hydrogen) atoms. The van der Waals surface area contributed by atoms with Crippen LogP contribution in [0.2, 0.25) is 0 Å². The molecule has 3 aromatic rings. The molecule has 0 radical (unpaired) electrons. The molecule has 1 unspecified atom stereocenters. The van der Waals surface area contributed by atoms with Gasteiger partial charge < -0.3 is 25.2 Å². The van der Waals surface area contributed by atoms with Crippen molar-refractivity contribution >= 4 is 34.6 Å². The van der Waals surface area contributed by atoms with E-state index in [9.17, 15) is 14.4 Å². The van der Waals surface area contributed by atoms with E-state index in [2.05, 4.69) is 40.7 Å². The van der Waals surface area contributed by atoms with Crippen molar-refractivity contribution < 1.29 is 19.1 Å². The summed E-state index contributed by atoms with van der Waals surface area (Å²) in [6.07, 6.45) is 3.41. The number of ether oxygens (including phenoxy) is 1. The number of nitrogens with one attached hydrogen (secondary N) is 3. The van der Waals surface area contributed by atoms with E-state index in [1.807, 2.05) is 35.2 Å². The van der Waals surface area contributed by atoms with Gasteiger partial charge in [-0.05, 0) is 47.6 Å². The number of piperidine rings is 1. The molecule has 0 saturated carbocycles. The van der Waals surface area contributed by atoms with Crippen molar-refractivity contribution in [3.8, 4) is 0 Å². The van der Waals surface area contributed by atoms with Crippen LogP contribution < -0.4 is 10.6 Å². The largest absolute Gasteiger partial charge is 0.467 e. The Morgan fingerprint density at radius 1 is 1.18 bits per heavy atom. The summed E-state index contributed by atoms with van der Waals surface area (Å²) in [5.41, 5.74) is 4.95. The van der Waals surface area contributed by atoms with Gasteiger partial charge in [-0.2, -0.15) is 5.10 Å². The number of H-pyrrole nitrogens is 1. The Morgan fingerprint density at radius 3 is 2.68 bits per heavy atom. The Kier molecular flexibility index (Phi) is 7.22. The SMILES string of the molecule is COC(=O)C(Cc1cc(C(C)C)c2[nH]ncc2c1)NC(=O)N1CCC(N2Cc3ccccc3NC2=O)CC1. The third-order valence-corrected chi connectivity index (χ3v) is 7.54. The highest BCUT2D eigenvalue weighted by atomic mass is 16.5. The van der Waals surface area contributed by atoms with Crippen LogP contribution in [0.1, 0.15) is 49.3 Å². The van der Waals surface area contributed by atoms with Crippen molar-refractivity contribution in [2.45, 2.75) is 57.7 Å². The fourth-order valence-electron chi connectivity index (χ4n) is 5.43. The molecular weight excluding hydrogens is 484 g/mol. The second-order valence-corrected chi connectivity index (χ2v) is 10.3. The lowest BCUT2D eigenvalue weighted by Crippen LogP contribution is -2.54. The van der Waals surface area contributed by atoms with Crippen LogP contribution in [0.4, 0.5) is 15.3 Å². The second-order valence-electron chi connectivity index (χ2n) is 10.3. The van der Waals surface area contributed by atoms with Crippen molar-refractivity contribution in [2.24, 2.45) is 0 Å². The van der Waals surface area contributed by atoms with E-state index in [0.29, 0.717) is 38.9 Å². The summed E-state index contributed by atoms with van der Waals surface area (Å²) >= 11 is 0.